The molecule has 2 rings (SSSR count). The molecule has 0 aliphatic carbocycles. The number of carbonyl (C=O) groups excluding carboxylic acids is 1. The molecule has 2 N–H and O–H groups in total. The van der Waals surface area contributed by atoms with Crippen molar-refractivity contribution in [2.24, 2.45) is 0 Å². The lowest BCUT2D eigenvalue weighted by Crippen LogP contribution is -2.13. The maximum Gasteiger partial charge on any atom is 0.274 e. The fourth-order valence-corrected chi connectivity index (χ4v) is 1.39. The number of hydrogen-bond donors (Lipinski definition) is 2. The van der Waals surface area contributed by atoms with Crippen LogP contribution in [0.4, 0.5) is 5.69 Å². The van der Waals surface area contributed by atoms with E-state index in [-0.39, 0.29) is 5.91 Å². The smallest absolute Gasteiger partial charge is 0.274 e. The highest BCUT2D eigenvalue weighted by Gasteiger charge is 2.07. The minimum atomic E-state index is -0.266. The van der Waals surface area contributed by atoms with Gasteiger partial charge in [0.2, 0.25) is 0 Å². The van der Waals surface area contributed by atoms with Crippen molar-refractivity contribution >= 4 is 27.5 Å². The molecule has 6 heteroatoms. The van der Waals surface area contributed by atoms with Crippen molar-refractivity contribution < 1.29 is 4.79 Å². The van der Waals surface area contributed by atoms with Gasteiger partial charge in [-0.1, -0.05) is 6.07 Å². The van der Waals surface area contributed by atoms with Crippen LogP contribution < -0.4 is 5.32 Å². The molecule has 0 spiro atoms. The van der Waals surface area contributed by atoms with E-state index < -0.39 is 0 Å². The summed E-state index contributed by atoms with van der Waals surface area (Å²) in [5.74, 6) is -0.266. The molecule has 0 aliphatic rings. The number of H-pyrrole nitrogens is 1. The van der Waals surface area contributed by atoms with Crippen LogP contribution in [0.5, 0.6) is 0 Å². The summed E-state index contributed by atoms with van der Waals surface area (Å²) in [7, 11) is 0. The molecule has 0 atom stereocenters. The average molecular weight is 267 g/mol. The van der Waals surface area contributed by atoms with Crippen molar-refractivity contribution in [2.45, 2.75) is 0 Å². The Labute approximate surface area is 94.0 Å². The van der Waals surface area contributed by atoms with Gasteiger partial charge in [0.1, 0.15) is 10.3 Å². The van der Waals surface area contributed by atoms with Crippen molar-refractivity contribution in [3.05, 3.63) is 40.9 Å². The summed E-state index contributed by atoms with van der Waals surface area (Å²) in [4.78, 5) is 15.7. The molecule has 0 saturated carbocycles. The van der Waals surface area contributed by atoms with E-state index in [1.807, 2.05) is 0 Å². The van der Waals surface area contributed by atoms with Crippen molar-refractivity contribution in [2.75, 3.05) is 5.32 Å². The summed E-state index contributed by atoms with van der Waals surface area (Å²) in [6.45, 7) is 0. The first-order chi connectivity index (χ1) is 7.25. The molecular formula is C9H7BrN4O. The number of pyridine rings is 1. The van der Waals surface area contributed by atoms with Gasteiger partial charge in [0.15, 0.2) is 0 Å². The van der Waals surface area contributed by atoms with E-state index in [0.717, 1.165) is 0 Å². The normalized spacial score (nSPS) is 9.93. The van der Waals surface area contributed by atoms with Gasteiger partial charge in [-0.25, -0.2) is 4.98 Å². The summed E-state index contributed by atoms with van der Waals surface area (Å²) in [5, 5.41) is 8.97. The third-order valence-corrected chi connectivity index (χ3v) is 2.15. The molecule has 0 aromatic carbocycles. The lowest BCUT2D eigenvalue weighted by Gasteiger charge is -2.01. The third-order valence-electron chi connectivity index (χ3n) is 1.70. The molecule has 2 heterocycles. The van der Waals surface area contributed by atoms with Gasteiger partial charge in [0.05, 0.1) is 11.9 Å². The van der Waals surface area contributed by atoms with Crippen molar-refractivity contribution in [1.82, 2.24) is 15.2 Å². The summed E-state index contributed by atoms with van der Waals surface area (Å²) in [6, 6.07) is 5.15. The highest BCUT2D eigenvalue weighted by atomic mass is 79.9. The molecule has 0 radical (unpaired) electrons. The van der Waals surface area contributed by atoms with Crippen LogP contribution in [-0.2, 0) is 0 Å². The molecule has 76 valence electrons. The van der Waals surface area contributed by atoms with Gasteiger partial charge >= 0.3 is 0 Å². The predicted octanol–water partition coefficient (Wildman–Crippen LogP) is 1.82. The van der Waals surface area contributed by atoms with E-state index in [1.54, 1.807) is 24.4 Å². The van der Waals surface area contributed by atoms with Crippen LogP contribution in [0, 0.1) is 0 Å². The maximum atomic E-state index is 11.6. The minimum Gasteiger partial charge on any atom is -0.318 e. The SMILES string of the molecule is O=C(Nc1cn[nH]c1)c1cccc(Br)n1. The van der Waals surface area contributed by atoms with Gasteiger partial charge in [0, 0.05) is 6.20 Å². The van der Waals surface area contributed by atoms with E-state index in [9.17, 15) is 4.79 Å². The summed E-state index contributed by atoms with van der Waals surface area (Å²) < 4.78 is 0.627. The zero-order chi connectivity index (χ0) is 10.7. The van der Waals surface area contributed by atoms with Crippen LogP contribution in [0.15, 0.2) is 35.2 Å². The molecule has 0 saturated heterocycles. The first kappa shape index (κ1) is 9.85. The Morgan fingerprint density at radius 3 is 3.00 bits per heavy atom. The van der Waals surface area contributed by atoms with Gasteiger partial charge in [-0.05, 0) is 28.1 Å². The number of nitrogens with one attached hydrogen (secondary N) is 2. The van der Waals surface area contributed by atoms with Gasteiger partial charge in [-0.15, -0.1) is 0 Å². The lowest BCUT2D eigenvalue weighted by molar-refractivity contribution is 0.102. The number of rotatable bonds is 2. The average Bonchev–Trinajstić information content (AvgIpc) is 2.70. The second-order valence-corrected chi connectivity index (χ2v) is 3.60. The number of aromatic amines is 1. The maximum absolute atomic E-state index is 11.6. The van der Waals surface area contributed by atoms with E-state index in [2.05, 4.69) is 36.4 Å². The second kappa shape index (κ2) is 4.22. The Bertz CT molecular complexity index is 469. The summed E-state index contributed by atoms with van der Waals surface area (Å²) in [6.07, 6.45) is 3.12. The van der Waals surface area contributed by atoms with Crippen LogP contribution in [-0.4, -0.2) is 21.1 Å². The van der Waals surface area contributed by atoms with E-state index >= 15 is 0 Å². The van der Waals surface area contributed by atoms with E-state index in [0.29, 0.717) is 16.0 Å². The first-order valence-electron chi connectivity index (χ1n) is 4.18. The number of nitrogens with zero attached hydrogens (tertiary/aromatic N) is 2. The van der Waals surface area contributed by atoms with Crippen LogP contribution in [0.1, 0.15) is 10.5 Å². The number of carbonyl (C=O) groups is 1. The lowest BCUT2D eigenvalue weighted by atomic mass is 10.3. The number of aromatic nitrogens is 3. The highest BCUT2D eigenvalue weighted by Crippen LogP contribution is 2.08. The van der Waals surface area contributed by atoms with Crippen LogP contribution in [0.25, 0.3) is 0 Å². The molecule has 5 nitrogen and oxygen atoms in total. The molecule has 1 amide bonds. The Morgan fingerprint density at radius 2 is 2.33 bits per heavy atom. The fraction of sp³-hybridized carbons (Fsp3) is 0. The zero-order valence-electron chi connectivity index (χ0n) is 7.57. The van der Waals surface area contributed by atoms with Gasteiger partial charge in [0.25, 0.3) is 5.91 Å². The topological polar surface area (TPSA) is 70.7 Å². The molecule has 0 unspecified atom stereocenters. The van der Waals surface area contributed by atoms with Gasteiger partial charge in [-0.3, -0.25) is 9.89 Å². The zero-order valence-corrected chi connectivity index (χ0v) is 9.15. The van der Waals surface area contributed by atoms with Crippen LogP contribution in [0.2, 0.25) is 0 Å². The molecule has 15 heavy (non-hydrogen) atoms. The number of hydrogen-bond acceptors (Lipinski definition) is 3. The highest BCUT2D eigenvalue weighted by molar-refractivity contribution is 9.10. The van der Waals surface area contributed by atoms with E-state index in [4.69, 9.17) is 0 Å². The van der Waals surface area contributed by atoms with Crippen molar-refractivity contribution in [3.8, 4) is 0 Å². The Hall–Kier alpha value is -1.69. The first-order valence-corrected chi connectivity index (χ1v) is 4.98. The van der Waals surface area contributed by atoms with Crippen molar-refractivity contribution in [1.29, 1.82) is 0 Å². The molecule has 0 aliphatic heterocycles. The Kier molecular flexibility index (Phi) is 2.77. The van der Waals surface area contributed by atoms with Crippen LogP contribution >= 0.6 is 15.9 Å². The molecule has 0 fully saturated rings. The van der Waals surface area contributed by atoms with E-state index in [1.165, 1.54) is 6.20 Å². The molecular weight excluding hydrogens is 260 g/mol. The third kappa shape index (κ3) is 2.41. The Morgan fingerprint density at radius 1 is 1.47 bits per heavy atom. The monoisotopic (exact) mass is 266 g/mol. The summed E-state index contributed by atoms with van der Waals surface area (Å²) in [5.41, 5.74) is 0.965. The summed E-state index contributed by atoms with van der Waals surface area (Å²) >= 11 is 3.20. The quantitative estimate of drug-likeness (QED) is 0.815. The van der Waals surface area contributed by atoms with Crippen LogP contribution in [0.3, 0.4) is 0 Å². The predicted molar refractivity (Wildman–Crippen MR) is 58.5 cm³/mol. The molecule has 2 aromatic rings. The van der Waals surface area contributed by atoms with Gasteiger partial charge in [-0.2, -0.15) is 5.10 Å². The Balaban J connectivity index is 2.15. The number of anilines is 1. The number of amides is 1. The number of halogens is 1. The largest absolute Gasteiger partial charge is 0.318 e. The van der Waals surface area contributed by atoms with Gasteiger partial charge < -0.3 is 5.32 Å². The standard InChI is InChI=1S/C9H7BrN4O/c10-8-3-1-2-7(14-8)9(15)13-6-4-11-12-5-6/h1-5H,(H,11,12)(H,13,15). The van der Waals surface area contributed by atoms with Crippen molar-refractivity contribution in [3.63, 3.8) is 0 Å². The fourth-order valence-electron chi connectivity index (χ4n) is 1.05. The molecule has 0 bridgehead atoms. The second-order valence-electron chi connectivity index (χ2n) is 2.79. The minimum absolute atomic E-state index is 0.266. The molecule has 2 aromatic heterocycles.